The summed E-state index contributed by atoms with van der Waals surface area (Å²) in [6.45, 7) is 4.13. The van der Waals surface area contributed by atoms with Gasteiger partial charge in [0.25, 0.3) is 5.91 Å². The Morgan fingerprint density at radius 2 is 2.06 bits per heavy atom. The zero-order chi connectivity index (χ0) is 23.3. The van der Waals surface area contributed by atoms with Gasteiger partial charge < -0.3 is 14.6 Å². The Morgan fingerprint density at radius 3 is 2.85 bits per heavy atom. The van der Waals surface area contributed by atoms with Crippen molar-refractivity contribution in [2.24, 2.45) is 0 Å². The molecule has 174 valence electrons. The largest absolute Gasteiger partial charge is 0.376 e. The lowest BCUT2D eigenvalue weighted by atomic mass is 10.1. The van der Waals surface area contributed by atoms with E-state index in [0.717, 1.165) is 47.0 Å². The molecule has 1 aliphatic rings. The molecule has 1 amide bonds. The highest BCUT2D eigenvalue weighted by Gasteiger charge is 2.17. The number of thioether (sulfide) groups is 1. The molecule has 0 bridgehead atoms. The highest BCUT2D eigenvalue weighted by molar-refractivity contribution is 7.98. The number of hydrogen-bond donors (Lipinski definition) is 1. The van der Waals surface area contributed by atoms with Gasteiger partial charge in [0.05, 0.1) is 29.9 Å². The lowest BCUT2D eigenvalue weighted by Crippen LogP contribution is -2.31. The summed E-state index contributed by atoms with van der Waals surface area (Å²) in [5, 5.41) is 3.95. The second-order valence-electron chi connectivity index (χ2n) is 8.66. The third kappa shape index (κ3) is 5.32. The monoisotopic (exact) mass is 472 g/mol. The molecule has 1 saturated heterocycles. The normalized spacial score (nSPS) is 15.6. The summed E-state index contributed by atoms with van der Waals surface area (Å²) in [4.78, 5) is 21.7. The summed E-state index contributed by atoms with van der Waals surface area (Å²) < 4.78 is 7.79. The molecule has 0 unspecified atom stereocenters. The number of nitrogens with zero attached hydrogens (tertiary/aromatic N) is 3. The Hall–Kier alpha value is -3.16. The van der Waals surface area contributed by atoms with Gasteiger partial charge in [-0.3, -0.25) is 9.78 Å². The molecule has 2 aromatic heterocycles. The van der Waals surface area contributed by atoms with Gasteiger partial charge in [0.2, 0.25) is 0 Å². The first kappa shape index (κ1) is 22.6. The first-order valence-electron chi connectivity index (χ1n) is 11.6. The predicted molar refractivity (Wildman–Crippen MR) is 135 cm³/mol. The topological polar surface area (TPSA) is 69.0 Å². The fourth-order valence-electron chi connectivity index (χ4n) is 4.22. The third-order valence-electron chi connectivity index (χ3n) is 6.04. The Kier molecular flexibility index (Phi) is 6.92. The molecule has 0 saturated carbocycles. The van der Waals surface area contributed by atoms with Crippen LogP contribution < -0.4 is 5.32 Å². The molecule has 1 fully saturated rings. The van der Waals surface area contributed by atoms with Gasteiger partial charge in [-0.1, -0.05) is 53.7 Å². The van der Waals surface area contributed by atoms with Gasteiger partial charge >= 0.3 is 0 Å². The van der Waals surface area contributed by atoms with Crippen LogP contribution in [-0.2, 0) is 17.0 Å². The van der Waals surface area contributed by atoms with Crippen LogP contribution in [0, 0.1) is 6.92 Å². The van der Waals surface area contributed by atoms with E-state index in [4.69, 9.17) is 9.72 Å². The lowest BCUT2D eigenvalue weighted by Gasteiger charge is -2.12. The molecule has 1 N–H and O–H groups in total. The number of aromatic nitrogens is 3. The van der Waals surface area contributed by atoms with Crippen molar-refractivity contribution in [2.75, 3.05) is 13.2 Å². The van der Waals surface area contributed by atoms with E-state index in [1.54, 1.807) is 18.0 Å². The van der Waals surface area contributed by atoms with Crippen LogP contribution in [0.3, 0.4) is 0 Å². The molecule has 0 radical (unpaired) electrons. The van der Waals surface area contributed by atoms with Gasteiger partial charge in [-0.2, -0.15) is 0 Å². The van der Waals surface area contributed by atoms with E-state index in [2.05, 4.69) is 46.1 Å². The Bertz CT molecular complexity index is 1280. The molecule has 1 aliphatic heterocycles. The SMILES string of the molecule is Cc1cccc(CSc2nc3ccncc3n2Cc2ccc(C(=O)NC[C@H]3CCCO3)cc2)c1. The fourth-order valence-corrected chi connectivity index (χ4v) is 5.18. The van der Waals surface area contributed by atoms with E-state index < -0.39 is 0 Å². The first-order valence-corrected chi connectivity index (χ1v) is 12.6. The van der Waals surface area contributed by atoms with Crippen molar-refractivity contribution in [1.82, 2.24) is 19.9 Å². The lowest BCUT2D eigenvalue weighted by molar-refractivity contribution is 0.0858. The molecule has 2 aromatic carbocycles. The number of benzene rings is 2. The summed E-state index contributed by atoms with van der Waals surface area (Å²) in [6, 6.07) is 18.3. The van der Waals surface area contributed by atoms with E-state index in [0.29, 0.717) is 18.7 Å². The van der Waals surface area contributed by atoms with Gasteiger partial charge in [-0.05, 0) is 49.1 Å². The van der Waals surface area contributed by atoms with Crippen molar-refractivity contribution < 1.29 is 9.53 Å². The summed E-state index contributed by atoms with van der Waals surface area (Å²) in [6.07, 6.45) is 5.86. The van der Waals surface area contributed by atoms with Crippen LogP contribution in [0.15, 0.2) is 72.1 Å². The van der Waals surface area contributed by atoms with Crippen molar-refractivity contribution in [1.29, 1.82) is 0 Å². The maximum absolute atomic E-state index is 12.5. The standard InChI is InChI=1S/C27H28N4O2S/c1-19-4-2-5-21(14-19)18-34-27-30-24-11-12-28-16-25(24)31(27)17-20-7-9-22(10-8-20)26(32)29-15-23-6-3-13-33-23/h2,4-5,7-12,14,16,23H,3,6,13,15,17-18H2,1H3,(H,29,32)/t23-/m1/s1. The van der Waals surface area contributed by atoms with Gasteiger partial charge in [0.15, 0.2) is 5.16 Å². The van der Waals surface area contributed by atoms with E-state index >= 15 is 0 Å². The predicted octanol–water partition coefficient (Wildman–Crippen LogP) is 4.99. The number of hydrogen-bond acceptors (Lipinski definition) is 5. The van der Waals surface area contributed by atoms with Gasteiger partial charge in [-0.25, -0.2) is 4.98 Å². The number of carbonyl (C=O) groups is 1. The third-order valence-corrected chi connectivity index (χ3v) is 7.08. The second kappa shape index (κ2) is 10.4. The van der Waals surface area contributed by atoms with Gasteiger partial charge in [0.1, 0.15) is 0 Å². The van der Waals surface area contributed by atoms with Crippen LogP contribution >= 0.6 is 11.8 Å². The zero-order valence-electron chi connectivity index (χ0n) is 19.2. The minimum atomic E-state index is -0.0614. The molecule has 1 atom stereocenters. The molecule has 7 heteroatoms. The van der Waals surface area contributed by atoms with E-state index in [1.807, 2.05) is 36.5 Å². The highest BCUT2D eigenvalue weighted by Crippen LogP contribution is 2.27. The Morgan fingerprint density at radius 1 is 1.18 bits per heavy atom. The Balaban J connectivity index is 1.30. The van der Waals surface area contributed by atoms with Crippen LogP contribution in [0.5, 0.6) is 0 Å². The van der Waals surface area contributed by atoms with Crippen LogP contribution in [-0.4, -0.2) is 39.7 Å². The molecule has 0 spiro atoms. The number of imidazole rings is 1. The van der Waals surface area contributed by atoms with Crippen LogP contribution in [0.1, 0.15) is 39.9 Å². The fraction of sp³-hybridized carbons (Fsp3) is 0.296. The first-order chi connectivity index (χ1) is 16.7. The molecule has 5 rings (SSSR count). The maximum atomic E-state index is 12.5. The number of nitrogens with one attached hydrogen (secondary N) is 1. The second-order valence-corrected chi connectivity index (χ2v) is 9.61. The maximum Gasteiger partial charge on any atom is 0.251 e. The molecule has 0 aliphatic carbocycles. The molecular formula is C27H28N4O2S. The van der Waals surface area contributed by atoms with Crippen molar-refractivity contribution >= 4 is 28.7 Å². The van der Waals surface area contributed by atoms with Crippen molar-refractivity contribution in [2.45, 2.75) is 43.3 Å². The van der Waals surface area contributed by atoms with Crippen LogP contribution in [0.25, 0.3) is 11.0 Å². The zero-order valence-corrected chi connectivity index (χ0v) is 20.1. The quantitative estimate of drug-likeness (QED) is 0.366. The summed E-state index contributed by atoms with van der Waals surface area (Å²) in [7, 11) is 0. The number of rotatable bonds is 8. The average molecular weight is 473 g/mol. The molecule has 34 heavy (non-hydrogen) atoms. The van der Waals surface area contributed by atoms with E-state index in [-0.39, 0.29) is 12.0 Å². The minimum Gasteiger partial charge on any atom is -0.376 e. The molecule has 6 nitrogen and oxygen atoms in total. The van der Waals surface area contributed by atoms with Crippen LogP contribution in [0.2, 0.25) is 0 Å². The number of ether oxygens (including phenoxy) is 1. The Labute approximate surface area is 203 Å². The molecular weight excluding hydrogens is 444 g/mol. The smallest absolute Gasteiger partial charge is 0.251 e. The molecule has 3 heterocycles. The van der Waals surface area contributed by atoms with E-state index in [1.165, 1.54) is 11.1 Å². The van der Waals surface area contributed by atoms with Crippen molar-refractivity contribution in [3.05, 3.63) is 89.2 Å². The number of amides is 1. The number of aryl methyl sites for hydroxylation is 1. The minimum absolute atomic E-state index is 0.0614. The van der Waals surface area contributed by atoms with E-state index in [9.17, 15) is 4.79 Å². The summed E-state index contributed by atoms with van der Waals surface area (Å²) in [5.74, 6) is 0.788. The highest BCUT2D eigenvalue weighted by atomic mass is 32.2. The van der Waals surface area contributed by atoms with Crippen LogP contribution in [0.4, 0.5) is 0 Å². The summed E-state index contributed by atoms with van der Waals surface area (Å²) in [5.41, 5.74) is 6.25. The van der Waals surface area contributed by atoms with Crippen molar-refractivity contribution in [3.63, 3.8) is 0 Å². The van der Waals surface area contributed by atoms with Gasteiger partial charge in [0, 0.05) is 30.7 Å². The van der Waals surface area contributed by atoms with Crippen molar-refractivity contribution in [3.8, 4) is 0 Å². The molecule has 4 aromatic rings. The number of fused-ring (bicyclic) bond motifs is 1. The number of pyridine rings is 1. The summed E-state index contributed by atoms with van der Waals surface area (Å²) >= 11 is 1.73. The van der Waals surface area contributed by atoms with Gasteiger partial charge in [-0.15, -0.1) is 0 Å². The number of carbonyl (C=O) groups excluding carboxylic acids is 1. The average Bonchev–Trinajstić information content (AvgIpc) is 3.50.